The van der Waals surface area contributed by atoms with Gasteiger partial charge in [0, 0.05) is 0 Å². The number of ether oxygens (including phenoxy) is 1. The van der Waals surface area contributed by atoms with Gasteiger partial charge < -0.3 is 9.84 Å². The van der Waals surface area contributed by atoms with E-state index in [1.165, 1.54) is 24.3 Å². The van der Waals surface area contributed by atoms with Crippen molar-refractivity contribution >= 4 is 23.5 Å². The molecule has 0 aromatic heterocycles. The number of fused-ring (bicyclic) bond motifs is 5. The number of hydrogen-bond acceptors (Lipinski definition) is 4. The second kappa shape index (κ2) is 4.04. The number of imide groups is 1. The Morgan fingerprint density at radius 1 is 1.23 bits per heavy atom. The molecule has 0 spiro atoms. The van der Waals surface area contributed by atoms with Gasteiger partial charge in [-0.25, -0.2) is 9.69 Å². The van der Waals surface area contributed by atoms with Gasteiger partial charge in [-0.15, -0.1) is 0 Å². The number of carboxylic acid groups (broad SMARTS) is 1. The summed E-state index contributed by atoms with van der Waals surface area (Å²) < 4.78 is 5.75. The van der Waals surface area contributed by atoms with Crippen molar-refractivity contribution in [1.82, 2.24) is 0 Å². The van der Waals surface area contributed by atoms with Crippen molar-refractivity contribution in [3.05, 3.63) is 42.0 Å². The summed E-state index contributed by atoms with van der Waals surface area (Å²) in [5, 5.41) is 8.92. The Morgan fingerprint density at radius 2 is 1.91 bits per heavy atom. The fourth-order valence-corrected chi connectivity index (χ4v) is 3.66. The average Bonchev–Trinajstić information content (AvgIpc) is 3.08. The van der Waals surface area contributed by atoms with E-state index in [9.17, 15) is 14.4 Å². The van der Waals surface area contributed by atoms with E-state index < -0.39 is 23.4 Å². The van der Waals surface area contributed by atoms with E-state index in [-0.39, 0.29) is 23.5 Å². The zero-order chi connectivity index (χ0) is 15.6. The van der Waals surface area contributed by atoms with Crippen molar-refractivity contribution < 1.29 is 24.2 Å². The normalized spacial score (nSPS) is 35.3. The topological polar surface area (TPSA) is 83.9 Å². The van der Waals surface area contributed by atoms with Crippen LogP contribution in [0.25, 0.3) is 0 Å². The molecule has 4 rings (SSSR count). The van der Waals surface area contributed by atoms with Crippen LogP contribution in [-0.4, -0.2) is 34.6 Å². The molecule has 6 nitrogen and oxygen atoms in total. The van der Waals surface area contributed by atoms with Gasteiger partial charge in [-0.1, -0.05) is 12.2 Å². The lowest BCUT2D eigenvalue weighted by Crippen LogP contribution is -2.38. The van der Waals surface area contributed by atoms with Crippen molar-refractivity contribution in [3.63, 3.8) is 0 Å². The summed E-state index contributed by atoms with van der Waals surface area (Å²) in [6.07, 6.45) is 3.33. The third kappa shape index (κ3) is 1.50. The van der Waals surface area contributed by atoms with Crippen molar-refractivity contribution in [2.24, 2.45) is 11.8 Å². The Labute approximate surface area is 126 Å². The Balaban J connectivity index is 1.71. The Kier molecular flexibility index (Phi) is 2.43. The monoisotopic (exact) mass is 299 g/mol. The maximum atomic E-state index is 12.7. The molecule has 0 aliphatic carbocycles. The van der Waals surface area contributed by atoms with Gasteiger partial charge in [0.1, 0.15) is 0 Å². The number of rotatable bonds is 2. The minimum atomic E-state index is -1.05. The number of carbonyl (C=O) groups is 3. The summed E-state index contributed by atoms with van der Waals surface area (Å²) in [5.41, 5.74) is -0.213. The zero-order valence-electron chi connectivity index (χ0n) is 11.7. The summed E-state index contributed by atoms with van der Waals surface area (Å²) in [4.78, 5) is 37.4. The van der Waals surface area contributed by atoms with E-state index in [0.717, 1.165) is 4.90 Å². The molecule has 6 heteroatoms. The lowest BCUT2D eigenvalue weighted by Gasteiger charge is -2.24. The van der Waals surface area contributed by atoms with E-state index >= 15 is 0 Å². The molecule has 3 heterocycles. The molecule has 4 unspecified atom stereocenters. The van der Waals surface area contributed by atoms with Gasteiger partial charge in [-0.2, -0.15) is 0 Å². The lowest BCUT2D eigenvalue weighted by molar-refractivity contribution is -0.126. The maximum Gasteiger partial charge on any atom is 0.335 e. The van der Waals surface area contributed by atoms with Gasteiger partial charge in [-0.05, 0) is 31.2 Å². The highest BCUT2D eigenvalue weighted by molar-refractivity contribution is 6.23. The summed E-state index contributed by atoms with van der Waals surface area (Å²) in [6.45, 7) is 1.82. The summed E-state index contributed by atoms with van der Waals surface area (Å²) in [6, 6.07) is 5.74. The molecule has 0 saturated carbocycles. The minimum Gasteiger partial charge on any atom is -0.478 e. The molecule has 2 bridgehead atoms. The second-order valence-corrected chi connectivity index (χ2v) is 5.99. The standard InChI is InChI=1S/C16H13NO5/c1-16-7-6-10(22-16)11-12(16)14(19)17(13(11)18)9-4-2-8(3-5-9)15(20)21/h2-7,10-12H,1H3,(H,20,21). The number of carboxylic acids is 1. The largest absolute Gasteiger partial charge is 0.478 e. The molecule has 3 aliphatic heterocycles. The third-order valence-corrected chi connectivity index (χ3v) is 4.70. The molecule has 2 saturated heterocycles. The third-order valence-electron chi connectivity index (χ3n) is 4.70. The predicted molar refractivity (Wildman–Crippen MR) is 75.3 cm³/mol. The first-order chi connectivity index (χ1) is 10.4. The van der Waals surface area contributed by atoms with E-state index in [2.05, 4.69) is 0 Å². The van der Waals surface area contributed by atoms with Crippen LogP contribution in [-0.2, 0) is 14.3 Å². The fourth-order valence-electron chi connectivity index (χ4n) is 3.66. The summed E-state index contributed by atoms with van der Waals surface area (Å²) in [7, 11) is 0. The van der Waals surface area contributed by atoms with Crippen LogP contribution in [0.1, 0.15) is 17.3 Å². The zero-order valence-corrected chi connectivity index (χ0v) is 11.7. The number of nitrogens with zero attached hydrogens (tertiary/aromatic N) is 1. The smallest absolute Gasteiger partial charge is 0.335 e. The van der Waals surface area contributed by atoms with E-state index in [4.69, 9.17) is 9.84 Å². The highest BCUT2D eigenvalue weighted by Gasteiger charge is 2.65. The van der Waals surface area contributed by atoms with E-state index in [1.54, 1.807) is 0 Å². The molecular weight excluding hydrogens is 286 g/mol. The molecule has 1 aromatic rings. The number of anilines is 1. The Hall–Kier alpha value is -2.47. The number of hydrogen-bond donors (Lipinski definition) is 1. The van der Waals surface area contributed by atoms with Crippen LogP contribution in [0.5, 0.6) is 0 Å². The van der Waals surface area contributed by atoms with Crippen LogP contribution in [0.3, 0.4) is 0 Å². The van der Waals surface area contributed by atoms with Gasteiger partial charge in [0.05, 0.1) is 34.8 Å². The summed E-state index contributed by atoms with van der Waals surface area (Å²) in [5.74, 6) is -2.61. The Morgan fingerprint density at radius 3 is 2.50 bits per heavy atom. The predicted octanol–water partition coefficient (Wildman–Crippen LogP) is 1.22. The molecule has 22 heavy (non-hydrogen) atoms. The number of amides is 2. The van der Waals surface area contributed by atoms with Crippen LogP contribution in [0.4, 0.5) is 5.69 Å². The lowest BCUT2D eigenvalue weighted by atomic mass is 9.78. The average molecular weight is 299 g/mol. The SMILES string of the molecule is CC12C=CC(O1)C1C(=O)N(c3ccc(C(=O)O)cc3)C(=O)C12. The van der Waals surface area contributed by atoms with Crippen molar-refractivity contribution in [2.45, 2.75) is 18.6 Å². The van der Waals surface area contributed by atoms with Gasteiger partial charge in [0.2, 0.25) is 11.8 Å². The van der Waals surface area contributed by atoms with Crippen molar-refractivity contribution in [3.8, 4) is 0 Å². The van der Waals surface area contributed by atoms with Crippen LogP contribution in [0.15, 0.2) is 36.4 Å². The van der Waals surface area contributed by atoms with E-state index in [1.807, 2.05) is 19.1 Å². The first kappa shape index (κ1) is 13.2. The van der Waals surface area contributed by atoms with Crippen LogP contribution in [0, 0.1) is 11.8 Å². The molecule has 0 radical (unpaired) electrons. The van der Waals surface area contributed by atoms with Crippen molar-refractivity contribution in [2.75, 3.05) is 4.90 Å². The van der Waals surface area contributed by atoms with Crippen LogP contribution in [0.2, 0.25) is 0 Å². The van der Waals surface area contributed by atoms with Gasteiger partial charge in [0.25, 0.3) is 0 Å². The molecular formula is C16H13NO5. The van der Waals surface area contributed by atoms with Crippen molar-refractivity contribution in [1.29, 1.82) is 0 Å². The van der Waals surface area contributed by atoms with Gasteiger partial charge in [0.15, 0.2) is 0 Å². The first-order valence-corrected chi connectivity index (χ1v) is 7.01. The molecule has 4 atom stereocenters. The molecule has 1 N–H and O–H groups in total. The minimum absolute atomic E-state index is 0.111. The number of benzene rings is 1. The van der Waals surface area contributed by atoms with E-state index in [0.29, 0.717) is 5.69 Å². The number of carbonyl (C=O) groups excluding carboxylic acids is 2. The molecule has 2 amide bonds. The Bertz CT molecular complexity index is 737. The second-order valence-electron chi connectivity index (χ2n) is 5.99. The highest BCUT2D eigenvalue weighted by Crippen LogP contribution is 2.52. The maximum absolute atomic E-state index is 12.7. The molecule has 2 fully saturated rings. The van der Waals surface area contributed by atoms with Crippen LogP contribution >= 0.6 is 0 Å². The van der Waals surface area contributed by atoms with Gasteiger partial charge in [-0.3, -0.25) is 9.59 Å². The molecule has 1 aromatic carbocycles. The van der Waals surface area contributed by atoms with Crippen LogP contribution < -0.4 is 4.90 Å². The molecule has 112 valence electrons. The summed E-state index contributed by atoms with van der Waals surface area (Å²) >= 11 is 0. The first-order valence-electron chi connectivity index (χ1n) is 7.01. The fraction of sp³-hybridized carbons (Fsp3) is 0.312. The number of aromatic carboxylic acids is 1. The highest BCUT2D eigenvalue weighted by atomic mass is 16.5. The quantitative estimate of drug-likeness (QED) is 0.655. The van der Waals surface area contributed by atoms with Gasteiger partial charge >= 0.3 is 5.97 Å². The molecule has 3 aliphatic rings.